The normalized spacial score (nSPS) is 8.33. The summed E-state index contributed by atoms with van der Waals surface area (Å²) in [5.41, 5.74) is 0. The molecule has 0 heterocycles. The molecule has 0 aromatic heterocycles. The Labute approximate surface area is 80.5 Å². The van der Waals surface area contributed by atoms with Gasteiger partial charge in [-0.2, -0.15) is 0 Å². The van der Waals surface area contributed by atoms with E-state index in [1.165, 1.54) is 16.3 Å². The molecule has 1 aromatic carbocycles. The second kappa shape index (κ2) is 4.34. The van der Waals surface area contributed by atoms with E-state index in [9.17, 15) is 4.39 Å². The zero-order valence-electron chi connectivity index (χ0n) is 4.77. The van der Waals surface area contributed by atoms with Crippen LogP contribution in [-0.4, -0.2) is 0 Å². The van der Waals surface area contributed by atoms with Crippen LogP contribution in [0.1, 0.15) is 0 Å². The van der Waals surface area contributed by atoms with Gasteiger partial charge in [-0.25, -0.2) is 0 Å². The van der Waals surface area contributed by atoms with Crippen LogP contribution in [0.2, 0.25) is 0 Å². The van der Waals surface area contributed by atoms with Crippen molar-refractivity contribution in [2.45, 2.75) is 0 Å². The van der Waals surface area contributed by atoms with Gasteiger partial charge in [0.15, 0.2) is 0 Å². The van der Waals surface area contributed by atoms with E-state index in [4.69, 9.17) is 0 Å². The Morgan fingerprint density at radius 2 is 1.56 bits per heavy atom. The standard InChI is InChI=1S/C6H4F.HI.Zn/c7-6-4-2-1-3-5-6;;/h2-5H;1H;/q;;+1/p-1. The molecule has 3 heteroatoms. The third kappa shape index (κ3) is 3.26. The zero-order valence-corrected chi connectivity index (χ0v) is 9.90. The predicted molar refractivity (Wildman–Crippen MR) is 26.0 cm³/mol. The van der Waals surface area contributed by atoms with Gasteiger partial charge in [0, 0.05) is 0 Å². The summed E-state index contributed by atoms with van der Waals surface area (Å²) in [6, 6.07) is 6.57. The molecule has 0 fully saturated rings. The Bertz CT molecular complexity index is 152. The van der Waals surface area contributed by atoms with Crippen molar-refractivity contribution in [3.05, 3.63) is 30.1 Å². The number of hydrogen-bond acceptors (Lipinski definition) is 0. The van der Waals surface area contributed by atoms with E-state index < -0.39 is 0 Å². The summed E-state index contributed by atoms with van der Waals surface area (Å²) in [6.07, 6.45) is 0. The predicted octanol–water partition coefficient (Wildman–Crippen LogP) is -2.00. The molecule has 0 spiro atoms. The second-order valence-corrected chi connectivity index (χ2v) is 3.34. The van der Waals surface area contributed by atoms with Crippen LogP contribution in [0.3, 0.4) is 0 Å². The van der Waals surface area contributed by atoms with Gasteiger partial charge in [-0.3, -0.25) is 0 Å². The first-order chi connectivity index (χ1) is 3.79. The Balaban J connectivity index is 0.000000640. The Morgan fingerprint density at radius 3 is 1.89 bits per heavy atom. The molecular formula is C6H4FIZn. The molecule has 0 aliphatic rings. The number of halogens is 2. The van der Waals surface area contributed by atoms with Gasteiger partial charge in [-0.05, 0) is 0 Å². The van der Waals surface area contributed by atoms with Crippen molar-refractivity contribution in [2.24, 2.45) is 0 Å². The molecule has 0 bridgehead atoms. The smallest absolute Gasteiger partial charge is 1.00 e. The Hall–Kier alpha value is 0.503. The van der Waals surface area contributed by atoms with Crippen LogP contribution in [0.15, 0.2) is 24.3 Å². The van der Waals surface area contributed by atoms with Crippen LogP contribution in [0.5, 0.6) is 0 Å². The van der Waals surface area contributed by atoms with Gasteiger partial charge >= 0.3 is 56.9 Å². The van der Waals surface area contributed by atoms with Gasteiger partial charge in [0.25, 0.3) is 0 Å². The average Bonchev–Trinajstić information content (AvgIpc) is 1.77. The van der Waals surface area contributed by atoms with Gasteiger partial charge in [0.05, 0.1) is 0 Å². The number of benzene rings is 1. The summed E-state index contributed by atoms with van der Waals surface area (Å²) < 4.78 is 13.3. The molecule has 0 N–H and O–H groups in total. The van der Waals surface area contributed by atoms with Crippen LogP contribution in [0, 0.1) is 5.82 Å². The van der Waals surface area contributed by atoms with Gasteiger partial charge in [-0.15, -0.1) is 0 Å². The summed E-state index contributed by atoms with van der Waals surface area (Å²) in [5, 5.41) is 0. The fourth-order valence-electron chi connectivity index (χ4n) is 0.484. The topological polar surface area (TPSA) is 0 Å². The van der Waals surface area contributed by atoms with E-state index in [0.29, 0.717) is 0 Å². The SMILES string of the molecule is Fc1cc[c]([Zn+])cc1.[I-]. The van der Waals surface area contributed by atoms with Gasteiger partial charge < -0.3 is 24.0 Å². The summed E-state index contributed by atoms with van der Waals surface area (Å²) in [6.45, 7) is 0. The van der Waals surface area contributed by atoms with Crippen molar-refractivity contribution in [3.8, 4) is 0 Å². The van der Waals surface area contributed by atoms with E-state index in [2.05, 4.69) is 0 Å². The van der Waals surface area contributed by atoms with Crippen molar-refractivity contribution in [2.75, 3.05) is 0 Å². The maximum Gasteiger partial charge on any atom is -1.00 e. The van der Waals surface area contributed by atoms with Crippen molar-refractivity contribution < 1.29 is 46.7 Å². The van der Waals surface area contributed by atoms with Gasteiger partial charge in [0.1, 0.15) is 0 Å². The summed E-state index contributed by atoms with van der Waals surface area (Å²) in [4.78, 5) is 0. The molecule has 0 unspecified atom stereocenters. The fourth-order valence-corrected chi connectivity index (χ4v) is 0.979. The van der Waals surface area contributed by atoms with Crippen molar-refractivity contribution in [3.63, 3.8) is 0 Å². The Morgan fingerprint density at radius 1 is 1.11 bits per heavy atom. The van der Waals surface area contributed by atoms with E-state index in [-0.39, 0.29) is 29.8 Å². The maximum absolute atomic E-state index is 12.1. The monoisotopic (exact) mass is 286 g/mol. The molecule has 0 saturated carbocycles. The molecular weight excluding hydrogens is 283 g/mol. The van der Waals surface area contributed by atoms with Crippen LogP contribution in [-0.2, 0) is 18.3 Å². The van der Waals surface area contributed by atoms with E-state index in [0.717, 1.165) is 18.3 Å². The van der Waals surface area contributed by atoms with Crippen molar-refractivity contribution in [1.82, 2.24) is 0 Å². The minimum Gasteiger partial charge on any atom is -1.00 e. The van der Waals surface area contributed by atoms with Crippen LogP contribution < -0.4 is 28.1 Å². The summed E-state index contributed by atoms with van der Waals surface area (Å²) in [7, 11) is 0. The first kappa shape index (κ1) is 9.50. The molecule has 0 aliphatic carbocycles. The fraction of sp³-hybridized carbons (Fsp3) is 0. The summed E-state index contributed by atoms with van der Waals surface area (Å²) in [5.74, 6) is -0.151. The maximum atomic E-state index is 12.1. The van der Waals surface area contributed by atoms with E-state index in [1.54, 1.807) is 12.1 Å². The molecule has 0 aliphatic heterocycles. The molecule has 44 valence electrons. The van der Waals surface area contributed by atoms with Gasteiger partial charge in [-0.1, -0.05) is 0 Å². The Kier molecular flexibility index (Phi) is 4.58. The number of rotatable bonds is 0. The van der Waals surface area contributed by atoms with Crippen LogP contribution in [0.4, 0.5) is 4.39 Å². The molecule has 1 rings (SSSR count). The van der Waals surface area contributed by atoms with E-state index >= 15 is 0 Å². The quantitative estimate of drug-likeness (QED) is 0.383. The molecule has 0 atom stereocenters. The zero-order chi connectivity index (χ0) is 5.98. The molecule has 0 amide bonds. The molecule has 0 saturated heterocycles. The van der Waals surface area contributed by atoms with Crippen molar-refractivity contribution in [1.29, 1.82) is 0 Å². The van der Waals surface area contributed by atoms with Crippen LogP contribution >= 0.6 is 0 Å². The summed E-state index contributed by atoms with van der Waals surface area (Å²) >= 11 is 1.10. The van der Waals surface area contributed by atoms with Gasteiger partial charge in [0.2, 0.25) is 0 Å². The van der Waals surface area contributed by atoms with Crippen molar-refractivity contribution >= 4 is 4.16 Å². The minimum absolute atomic E-state index is 0. The third-order valence-electron chi connectivity index (χ3n) is 0.913. The number of hydrogen-bond donors (Lipinski definition) is 0. The molecule has 0 nitrogen and oxygen atoms in total. The average molecular weight is 287 g/mol. The molecule has 9 heavy (non-hydrogen) atoms. The minimum atomic E-state index is -0.151. The molecule has 0 radical (unpaired) electrons. The largest absolute Gasteiger partial charge is 1.00 e. The first-order valence-electron chi connectivity index (χ1n) is 2.36. The van der Waals surface area contributed by atoms with E-state index in [1.807, 2.05) is 0 Å². The van der Waals surface area contributed by atoms with Crippen LogP contribution in [0.25, 0.3) is 0 Å². The third-order valence-corrected chi connectivity index (χ3v) is 1.90. The first-order valence-corrected chi connectivity index (χ1v) is 3.85. The second-order valence-electron chi connectivity index (χ2n) is 1.63. The molecule has 1 aromatic rings.